The van der Waals surface area contributed by atoms with Crippen molar-refractivity contribution in [1.82, 2.24) is 5.43 Å². The summed E-state index contributed by atoms with van der Waals surface area (Å²) in [6, 6.07) is 7.16. The Morgan fingerprint density at radius 3 is 2.76 bits per heavy atom. The summed E-state index contributed by atoms with van der Waals surface area (Å²) in [5.41, 5.74) is 3.75. The third-order valence-electron chi connectivity index (χ3n) is 3.51. The smallest absolute Gasteiger partial charge is 0.274 e. The molecule has 6 nitrogen and oxygen atoms in total. The molecule has 1 aromatic heterocycles. The van der Waals surface area contributed by atoms with Crippen molar-refractivity contribution in [1.29, 1.82) is 0 Å². The highest BCUT2D eigenvalue weighted by molar-refractivity contribution is 5.95. The summed E-state index contributed by atoms with van der Waals surface area (Å²) in [5, 5.41) is 3.98. The zero-order valence-corrected chi connectivity index (χ0v) is 14.9. The number of nitrogens with one attached hydrogen (secondary N) is 1. The Labute approximate surface area is 147 Å². The van der Waals surface area contributed by atoms with Gasteiger partial charge in [0.15, 0.2) is 11.5 Å². The highest BCUT2D eigenvalue weighted by Crippen LogP contribution is 2.28. The van der Waals surface area contributed by atoms with Crippen LogP contribution in [-0.2, 0) is 0 Å². The quantitative estimate of drug-likeness (QED) is 0.425. The van der Waals surface area contributed by atoms with Gasteiger partial charge in [0.2, 0.25) is 0 Å². The molecule has 0 aliphatic heterocycles. The number of hydrazone groups is 1. The van der Waals surface area contributed by atoms with Crippen LogP contribution < -0.4 is 14.9 Å². The molecular formula is C19H24N2O4. The van der Waals surface area contributed by atoms with Gasteiger partial charge in [-0.05, 0) is 50.1 Å². The van der Waals surface area contributed by atoms with Crippen LogP contribution in [-0.4, -0.2) is 25.3 Å². The third-order valence-corrected chi connectivity index (χ3v) is 3.51. The van der Waals surface area contributed by atoms with E-state index in [9.17, 15) is 4.79 Å². The zero-order valence-electron chi connectivity index (χ0n) is 14.9. The van der Waals surface area contributed by atoms with E-state index in [1.165, 1.54) is 6.26 Å². The molecule has 0 aliphatic carbocycles. The van der Waals surface area contributed by atoms with Gasteiger partial charge in [0.05, 0.1) is 31.3 Å². The molecule has 1 heterocycles. The maximum absolute atomic E-state index is 12.0. The Morgan fingerprint density at radius 1 is 1.24 bits per heavy atom. The molecule has 0 atom stereocenters. The molecule has 0 radical (unpaired) electrons. The summed E-state index contributed by atoms with van der Waals surface area (Å²) in [6.45, 7) is 6.96. The lowest BCUT2D eigenvalue weighted by Crippen LogP contribution is -2.17. The van der Waals surface area contributed by atoms with Crippen molar-refractivity contribution in [2.24, 2.45) is 5.10 Å². The second-order valence-corrected chi connectivity index (χ2v) is 5.43. The highest BCUT2D eigenvalue weighted by atomic mass is 16.5. The van der Waals surface area contributed by atoms with E-state index in [0.717, 1.165) is 18.4 Å². The van der Waals surface area contributed by atoms with Crippen molar-refractivity contribution in [3.63, 3.8) is 0 Å². The molecule has 0 aliphatic rings. The van der Waals surface area contributed by atoms with Crippen LogP contribution in [0.1, 0.15) is 48.4 Å². The number of ether oxygens (including phenoxy) is 2. The molecule has 1 amide bonds. The molecule has 0 fully saturated rings. The minimum absolute atomic E-state index is 0.313. The Hall–Kier alpha value is -2.76. The number of benzene rings is 1. The molecule has 1 aromatic carbocycles. The Morgan fingerprint density at radius 2 is 2.08 bits per heavy atom. The average Bonchev–Trinajstić information content (AvgIpc) is 3.03. The number of amides is 1. The molecule has 1 N–H and O–H groups in total. The molecule has 0 unspecified atom stereocenters. The normalized spacial score (nSPS) is 10.8. The van der Waals surface area contributed by atoms with Gasteiger partial charge in [-0.25, -0.2) is 5.43 Å². The van der Waals surface area contributed by atoms with E-state index < -0.39 is 0 Å². The Kier molecular flexibility index (Phi) is 7.07. The standard InChI is InChI=1S/C19H24N2O4/c1-4-6-10-25-17-8-7-15(12-18(17)23-5-2)13-20-21-19(22)16-9-11-24-14(16)3/h7-9,11-13H,4-6,10H2,1-3H3,(H,21,22)/b20-13-. The highest BCUT2D eigenvalue weighted by Gasteiger charge is 2.10. The number of hydrogen-bond donors (Lipinski definition) is 1. The summed E-state index contributed by atoms with van der Waals surface area (Å²) in [7, 11) is 0. The number of hydrogen-bond acceptors (Lipinski definition) is 5. The van der Waals surface area contributed by atoms with Gasteiger partial charge >= 0.3 is 0 Å². The largest absolute Gasteiger partial charge is 0.490 e. The van der Waals surface area contributed by atoms with E-state index in [4.69, 9.17) is 13.9 Å². The van der Waals surface area contributed by atoms with Crippen molar-refractivity contribution in [3.8, 4) is 11.5 Å². The predicted octanol–water partition coefficient (Wildman–Crippen LogP) is 3.93. The average molecular weight is 344 g/mol. The number of aryl methyl sites for hydroxylation is 1. The van der Waals surface area contributed by atoms with Gasteiger partial charge < -0.3 is 13.9 Å². The Balaban J connectivity index is 2.02. The fourth-order valence-electron chi connectivity index (χ4n) is 2.17. The first-order valence-electron chi connectivity index (χ1n) is 8.42. The minimum Gasteiger partial charge on any atom is -0.490 e. The Bertz CT molecular complexity index is 722. The zero-order chi connectivity index (χ0) is 18.1. The molecule has 0 saturated heterocycles. The molecular weight excluding hydrogens is 320 g/mol. The fraction of sp³-hybridized carbons (Fsp3) is 0.368. The van der Waals surface area contributed by atoms with Crippen LogP contribution in [0.2, 0.25) is 0 Å². The van der Waals surface area contributed by atoms with Crippen LogP contribution >= 0.6 is 0 Å². The van der Waals surface area contributed by atoms with Gasteiger partial charge in [-0.3, -0.25) is 4.79 Å². The molecule has 0 spiro atoms. The summed E-state index contributed by atoms with van der Waals surface area (Å²) in [4.78, 5) is 12.0. The van der Waals surface area contributed by atoms with Crippen molar-refractivity contribution >= 4 is 12.1 Å². The van der Waals surface area contributed by atoms with E-state index in [1.54, 1.807) is 19.2 Å². The van der Waals surface area contributed by atoms with Crippen LogP contribution in [0.15, 0.2) is 40.0 Å². The van der Waals surface area contributed by atoms with Crippen molar-refractivity contribution in [2.75, 3.05) is 13.2 Å². The lowest BCUT2D eigenvalue weighted by molar-refractivity contribution is 0.0953. The van der Waals surface area contributed by atoms with Crippen LogP contribution in [0, 0.1) is 6.92 Å². The summed E-state index contributed by atoms with van der Waals surface area (Å²) in [5.74, 6) is 1.62. The van der Waals surface area contributed by atoms with Gasteiger partial charge in [0.25, 0.3) is 5.91 Å². The maximum Gasteiger partial charge on any atom is 0.274 e. The molecule has 2 aromatic rings. The van der Waals surface area contributed by atoms with Crippen LogP contribution in [0.5, 0.6) is 11.5 Å². The first kappa shape index (κ1) is 18.6. The van der Waals surface area contributed by atoms with E-state index in [2.05, 4.69) is 17.5 Å². The number of rotatable bonds is 9. The van der Waals surface area contributed by atoms with Gasteiger partial charge in [0.1, 0.15) is 5.76 Å². The summed E-state index contributed by atoms with van der Waals surface area (Å²) in [6.07, 6.45) is 5.10. The summed E-state index contributed by atoms with van der Waals surface area (Å²) < 4.78 is 16.5. The molecule has 0 bridgehead atoms. The van der Waals surface area contributed by atoms with Gasteiger partial charge in [-0.15, -0.1) is 0 Å². The van der Waals surface area contributed by atoms with E-state index in [-0.39, 0.29) is 5.91 Å². The molecule has 134 valence electrons. The SMILES string of the molecule is CCCCOc1ccc(/C=N\NC(=O)c2ccoc2C)cc1OCC. The molecule has 2 rings (SSSR count). The molecule has 6 heteroatoms. The predicted molar refractivity (Wildman–Crippen MR) is 96.5 cm³/mol. The lowest BCUT2D eigenvalue weighted by Gasteiger charge is -2.12. The molecule has 25 heavy (non-hydrogen) atoms. The first-order valence-corrected chi connectivity index (χ1v) is 8.42. The number of furan rings is 1. The number of carbonyl (C=O) groups excluding carboxylic acids is 1. The first-order chi connectivity index (χ1) is 12.2. The van der Waals surface area contributed by atoms with E-state index >= 15 is 0 Å². The van der Waals surface area contributed by atoms with Gasteiger partial charge in [0, 0.05) is 0 Å². The molecule has 0 saturated carbocycles. The fourth-order valence-corrected chi connectivity index (χ4v) is 2.17. The minimum atomic E-state index is -0.313. The van der Waals surface area contributed by atoms with Crippen molar-refractivity contribution in [3.05, 3.63) is 47.4 Å². The van der Waals surface area contributed by atoms with Gasteiger partial charge in [-0.1, -0.05) is 13.3 Å². The van der Waals surface area contributed by atoms with E-state index in [1.807, 2.05) is 25.1 Å². The topological polar surface area (TPSA) is 73.1 Å². The van der Waals surface area contributed by atoms with E-state index in [0.29, 0.717) is 36.0 Å². The maximum atomic E-state index is 12.0. The number of unbranched alkanes of at least 4 members (excludes halogenated alkanes) is 1. The number of nitrogens with zero attached hydrogens (tertiary/aromatic N) is 1. The monoisotopic (exact) mass is 344 g/mol. The van der Waals surface area contributed by atoms with Crippen molar-refractivity contribution in [2.45, 2.75) is 33.6 Å². The summed E-state index contributed by atoms with van der Waals surface area (Å²) >= 11 is 0. The van der Waals surface area contributed by atoms with Crippen molar-refractivity contribution < 1.29 is 18.7 Å². The van der Waals surface area contributed by atoms with Crippen LogP contribution in [0.25, 0.3) is 0 Å². The second-order valence-electron chi connectivity index (χ2n) is 5.43. The van der Waals surface area contributed by atoms with Crippen LogP contribution in [0.3, 0.4) is 0 Å². The third kappa shape index (κ3) is 5.38. The van der Waals surface area contributed by atoms with Gasteiger partial charge in [-0.2, -0.15) is 5.10 Å². The second kappa shape index (κ2) is 9.52. The lowest BCUT2D eigenvalue weighted by atomic mass is 10.2. The number of carbonyl (C=O) groups is 1. The van der Waals surface area contributed by atoms with Crippen LogP contribution in [0.4, 0.5) is 0 Å².